The molecular weight excluding hydrogens is 288 g/mol. The zero-order valence-electron chi connectivity index (χ0n) is 12.2. The van der Waals surface area contributed by atoms with Crippen LogP contribution in [0.1, 0.15) is 25.7 Å². The molecule has 0 aliphatic carbocycles. The number of carbonyl (C=O) groups excluding carboxylic acids is 2. The SMILES string of the molecule is C=CCCC(=O)C1CCCN1C(=O)Cn1cc([N+](=O)[O-])cn1. The Morgan fingerprint density at radius 3 is 2.95 bits per heavy atom. The summed E-state index contributed by atoms with van der Waals surface area (Å²) in [6.07, 6.45) is 6.43. The van der Waals surface area contributed by atoms with Crippen molar-refractivity contribution in [1.29, 1.82) is 0 Å². The van der Waals surface area contributed by atoms with Crippen LogP contribution in [0.2, 0.25) is 0 Å². The van der Waals surface area contributed by atoms with E-state index in [1.54, 1.807) is 11.0 Å². The van der Waals surface area contributed by atoms with Gasteiger partial charge in [0, 0.05) is 13.0 Å². The van der Waals surface area contributed by atoms with Crippen LogP contribution < -0.4 is 0 Å². The van der Waals surface area contributed by atoms with Crippen LogP contribution in [0, 0.1) is 10.1 Å². The Morgan fingerprint density at radius 2 is 2.32 bits per heavy atom. The van der Waals surface area contributed by atoms with Gasteiger partial charge >= 0.3 is 5.69 Å². The van der Waals surface area contributed by atoms with E-state index in [-0.39, 0.29) is 23.9 Å². The van der Waals surface area contributed by atoms with Crippen molar-refractivity contribution in [2.45, 2.75) is 38.3 Å². The molecule has 0 aromatic carbocycles. The normalized spacial score (nSPS) is 17.5. The highest BCUT2D eigenvalue weighted by atomic mass is 16.6. The van der Waals surface area contributed by atoms with Crippen molar-refractivity contribution in [2.24, 2.45) is 0 Å². The summed E-state index contributed by atoms with van der Waals surface area (Å²) in [6.45, 7) is 4.02. The highest BCUT2D eigenvalue weighted by Crippen LogP contribution is 2.20. The number of rotatable bonds is 7. The molecule has 1 amide bonds. The van der Waals surface area contributed by atoms with Gasteiger partial charge in [0.05, 0.1) is 11.0 Å². The molecule has 0 saturated carbocycles. The van der Waals surface area contributed by atoms with Gasteiger partial charge < -0.3 is 4.90 Å². The zero-order valence-corrected chi connectivity index (χ0v) is 12.2. The third-order valence-electron chi connectivity index (χ3n) is 3.67. The zero-order chi connectivity index (χ0) is 16.1. The Balaban J connectivity index is 1.99. The van der Waals surface area contributed by atoms with Crippen molar-refractivity contribution in [3.05, 3.63) is 35.2 Å². The molecule has 1 saturated heterocycles. The molecule has 0 radical (unpaired) electrons. The molecule has 0 spiro atoms. The molecule has 8 heteroatoms. The number of allylic oxidation sites excluding steroid dienone is 1. The summed E-state index contributed by atoms with van der Waals surface area (Å²) < 4.78 is 1.23. The summed E-state index contributed by atoms with van der Waals surface area (Å²) in [5.41, 5.74) is -0.159. The first kappa shape index (κ1) is 15.9. The molecule has 1 unspecified atom stereocenters. The molecule has 2 rings (SSSR count). The molecule has 0 N–H and O–H groups in total. The smallest absolute Gasteiger partial charge is 0.307 e. The van der Waals surface area contributed by atoms with Crippen molar-refractivity contribution in [3.8, 4) is 0 Å². The van der Waals surface area contributed by atoms with Gasteiger partial charge in [-0.05, 0) is 19.3 Å². The van der Waals surface area contributed by atoms with E-state index in [2.05, 4.69) is 11.7 Å². The fourth-order valence-electron chi connectivity index (χ4n) is 2.57. The molecule has 1 aliphatic heterocycles. The lowest BCUT2D eigenvalue weighted by Crippen LogP contribution is -2.42. The predicted octanol–water partition coefficient (Wildman–Crippen LogP) is 1.32. The molecule has 1 aromatic rings. The summed E-state index contributed by atoms with van der Waals surface area (Å²) in [4.78, 5) is 36.0. The second-order valence-corrected chi connectivity index (χ2v) is 5.19. The van der Waals surface area contributed by atoms with Crippen LogP contribution in [-0.2, 0) is 16.1 Å². The topological polar surface area (TPSA) is 98.3 Å². The van der Waals surface area contributed by atoms with Crippen LogP contribution >= 0.6 is 0 Å². The van der Waals surface area contributed by atoms with Gasteiger partial charge in [-0.25, -0.2) is 0 Å². The number of nitro groups is 1. The van der Waals surface area contributed by atoms with Crippen molar-refractivity contribution < 1.29 is 14.5 Å². The number of carbonyl (C=O) groups is 2. The molecule has 0 bridgehead atoms. The highest BCUT2D eigenvalue weighted by molar-refractivity contribution is 5.89. The molecule has 1 fully saturated rings. The van der Waals surface area contributed by atoms with Crippen LogP contribution in [0.4, 0.5) is 5.69 Å². The Labute approximate surface area is 127 Å². The first-order valence-electron chi connectivity index (χ1n) is 7.13. The first-order chi connectivity index (χ1) is 10.5. The monoisotopic (exact) mass is 306 g/mol. The third-order valence-corrected chi connectivity index (χ3v) is 3.67. The molecule has 1 aromatic heterocycles. The summed E-state index contributed by atoms with van der Waals surface area (Å²) in [7, 11) is 0. The predicted molar refractivity (Wildman–Crippen MR) is 78.1 cm³/mol. The largest absolute Gasteiger partial charge is 0.331 e. The average molecular weight is 306 g/mol. The van der Waals surface area contributed by atoms with E-state index in [0.29, 0.717) is 25.8 Å². The maximum Gasteiger partial charge on any atom is 0.307 e. The van der Waals surface area contributed by atoms with Crippen LogP contribution in [0.15, 0.2) is 25.0 Å². The summed E-state index contributed by atoms with van der Waals surface area (Å²) in [5, 5.41) is 14.4. The quantitative estimate of drug-likeness (QED) is 0.430. The van der Waals surface area contributed by atoms with Crippen molar-refractivity contribution >= 4 is 17.4 Å². The lowest BCUT2D eigenvalue weighted by atomic mass is 10.1. The number of likely N-dealkylation sites (tertiary alicyclic amines) is 1. The van der Waals surface area contributed by atoms with E-state index in [9.17, 15) is 19.7 Å². The van der Waals surface area contributed by atoms with E-state index >= 15 is 0 Å². The molecule has 2 heterocycles. The lowest BCUT2D eigenvalue weighted by Gasteiger charge is -2.23. The van der Waals surface area contributed by atoms with Crippen molar-refractivity contribution in [1.82, 2.24) is 14.7 Å². The fraction of sp³-hybridized carbons (Fsp3) is 0.500. The summed E-state index contributed by atoms with van der Waals surface area (Å²) in [5.74, 6) is -0.204. The standard InChI is InChI=1S/C14H18N4O4/c1-2-3-6-13(19)12-5-4-7-17(12)14(20)10-16-9-11(8-15-16)18(21)22/h2,8-9,12H,1,3-7,10H2. The number of Topliss-reactive ketones (excluding diaryl/α,β-unsaturated/α-hetero) is 1. The third kappa shape index (κ3) is 3.57. The Kier molecular flexibility index (Phi) is 5.03. The molecule has 1 atom stereocenters. The van der Waals surface area contributed by atoms with Gasteiger partial charge in [-0.2, -0.15) is 5.10 Å². The fourth-order valence-corrected chi connectivity index (χ4v) is 2.57. The van der Waals surface area contributed by atoms with Crippen LogP contribution in [0.3, 0.4) is 0 Å². The molecule has 22 heavy (non-hydrogen) atoms. The summed E-state index contributed by atoms with van der Waals surface area (Å²) in [6, 6.07) is -0.391. The van der Waals surface area contributed by atoms with E-state index in [4.69, 9.17) is 0 Å². The Bertz CT molecular complexity index is 595. The number of ketones is 1. The Morgan fingerprint density at radius 1 is 1.55 bits per heavy atom. The molecule has 8 nitrogen and oxygen atoms in total. The number of hydrogen-bond donors (Lipinski definition) is 0. The van der Waals surface area contributed by atoms with Gasteiger partial charge in [0.1, 0.15) is 18.9 Å². The lowest BCUT2D eigenvalue weighted by molar-refractivity contribution is -0.385. The first-order valence-corrected chi connectivity index (χ1v) is 7.13. The van der Waals surface area contributed by atoms with E-state index in [1.807, 2.05) is 0 Å². The minimum atomic E-state index is -0.564. The van der Waals surface area contributed by atoms with E-state index < -0.39 is 11.0 Å². The van der Waals surface area contributed by atoms with Gasteiger partial charge in [-0.3, -0.25) is 24.4 Å². The molecule has 1 aliphatic rings. The average Bonchev–Trinajstić information content (AvgIpc) is 3.13. The van der Waals surface area contributed by atoms with Crippen molar-refractivity contribution in [3.63, 3.8) is 0 Å². The minimum Gasteiger partial charge on any atom is -0.331 e. The van der Waals surface area contributed by atoms with Gasteiger partial charge in [0.25, 0.3) is 0 Å². The summed E-state index contributed by atoms with van der Waals surface area (Å²) >= 11 is 0. The van der Waals surface area contributed by atoms with E-state index in [1.165, 1.54) is 10.9 Å². The molecular formula is C14H18N4O4. The maximum absolute atomic E-state index is 12.3. The molecule has 118 valence electrons. The number of nitrogens with zero attached hydrogens (tertiary/aromatic N) is 4. The van der Waals surface area contributed by atoms with Gasteiger partial charge in [-0.1, -0.05) is 6.08 Å². The minimum absolute atomic E-state index is 0.0391. The second-order valence-electron chi connectivity index (χ2n) is 5.19. The van der Waals surface area contributed by atoms with Crippen LogP contribution in [0.25, 0.3) is 0 Å². The van der Waals surface area contributed by atoms with Crippen LogP contribution in [0.5, 0.6) is 0 Å². The number of amides is 1. The maximum atomic E-state index is 12.3. The van der Waals surface area contributed by atoms with Crippen molar-refractivity contribution in [2.75, 3.05) is 6.54 Å². The van der Waals surface area contributed by atoms with Crippen LogP contribution in [-0.4, -0.2) is 43.9 Å². The second kappa shape index (κ2) is 6.97. The Hall–Kier alpha value is -2.51. The highest BCUT2D eigenvalue weighted by Gasteiger charge is 2.33. The van der Waals surface area contributed by atoms with Gasteiger partial charge in [-0.15, -0.1) is 6.58 Å². The van der Waals surface area contributed by atoms with E-state index in [0.717, 1.165) is 12.6 Å². The van der Waals surface area contributed by atoms with Gasteiger partial charge in [0.2, 0.25) is 5.91 Å². The van der Waals surface area contributed by atoms with Gasteiger partial charge in [0.15, 0.2) is 5.78 Å². The number of hydrogen-bond acceptors (Lipinski definition) is 5. The number of aromatic nitrogens is 2.